The van der Waals surface area contributed by atoms with Crippen LogP contribution in [0, 0.1) is 6.92 Å². The van der Waals surface area contributed by atoms with Gasteiger partial charge in [0.15, 0.2) is 0 Å². The Morgan fingerprint density at radius 3 is 2.56 bits per heavy atom. The zero-order chi connectivity index (χ0) is 13.3. The lowest BCUT2D eigenvalue weighted by atomic mass is 9.96. The van der Waals surface area contributed by atoms with E-state index in [1.165, 1.54) is 0 Å². The highest BCUT2D eigenvalue weighted by Crippen LogP contribution is 2.30. The number of ether oxygens (including phenoxy) is 1. The number of amides is 1. The van der Waals surface area contributed by atoms with E-state index in [0.29, 0.717) is 12.0 Å². The summed E-state index contributed by atoms with van der Waals surface area (Å²) in [5.74, 6) is 1.25. The highest BCUT2D eigenvalue weighted by molar-refractivity contribution is 5.96. The molecule has 18 heavy (non-hydrogen) atoms. The van der Waals surface area contributed by atoms with Gasteiger partial charge in [-0.15, -0.1) is 0 Å². The third kappa shape index (κ3) is 2.66. The van der Waals surface area contributed by atoms with Gasteiger partial charge in [0.1, 0.15) is 5.75 Å². The molecule has 0 saturated heterocycles. The normalized spacial score (nSPS) is 14.7. The largest absolute Gasteiger partial charge is 0.496 e. The summed E-state index contributed by atoms with van der Waals surface area (Å²) in [6, 6.07) is 4.31. The number of aryl methyl sites for hydroxylation is 1. The van der Waals surface area contributed by atoms with Crippen LogP contribution in [-0.2, 0) is 0 Å². The van der Waals surface area contributed by atoms with Gasteiger partial charge in [0, 0.05) is 11.6 Å². The minimum absolute atomic E-state index is 0.0413. The van der Waals surface area contributed by atoms with E-state index in [4.69, 9.17) is 4.74 Å². The fourth-order valence-corrected chi connectivity index (χ4v) is 2.06. The van der Waals surface area contributed by atoms with E-state index < -0.39 is 0 Å². The molecule has 1 amide bonds. The van der Waals surface area contributed by atoms with Gasteiger partial charge in [-0.2, -0.15) is 0 Å². The van der Waals surface area contributed by atoms with Crippen LogP contribution in [0.3, 0.4) is 0 Å². The smallest absolute Gasteiger partial charge is 0.251 e. The summed E-state index contributed by atoms with van der Waals surface area (Å²) >= 11 is 0. The topological polar surface area (TPSA) is 38.3 Å². The van der Waals surface area contributed by atoms with Crippen molar-refractivity contribution < 1.29 is 9.53 Å². The van der Waals surface area contributed by atoms with E-state index in [1.54, 1.807) is 7.11 Å². The lowest BCUT2D eigenvalue weighted by Gasteiger charge is -2.15. The first kappa shape index (κ1) is 12.9. The van der Waals surface area contributed by atoms with Gasteiger partial charge in [0.05, 0.1) is 7.11 Å². The van der Waals surface area contributed by atoms with Crippen molar-refractivity contribution in [2.75, 3.05) is 7.11 Å². The Morgan fingerprint density at radius 2 is 2.06 bits per heavy atom. The summed E-state index contributed by atoms with van der Waals surface area (Å²) in [6.45, 7) is 6.17. The molecule has 0 aromatic heterocycles. The molecule has 1 aromatic carbocycles. The zero-order valence-corrected chi connectivity index (χ0v) is 11.5. The Kier molecular flexibility index (Phi) is 3.60. The van der Waals surface area contributed by atoms with Crippen molar-refractivity contribution in [3.8, 4) is 5.75 Å². The highest BCUT2D eigenvalue weighted by atomic mass is 16.5. The van der Waals surface area contributed by atoms with Crippen LogP contribution in [0.15, 0.2) is 12.1 Å². The molecule has 0 aliphatic heterocycles. The second-order valence-corrected chi connectivity index (χ2v) is 5.31. The van der Waals surface area contributed by atoms with Gasteiger partial charge in [-0.1, -0.05) is 13.8 Å². The highest BCUT2D eigenvalue weighted by Gasteiger charge is 2.25. The monoisotopic (exact) mass is 247 g/mol. The van der Waals surface area contributed by atoms with Crippen LogP contribution < -0.4 is 10.1 Å². The summed E-state index contributed by atoms with van der Waals surface area (Å²) in [5, 5.41) is 3.03. The van der Waals surface area contributed by atoms with Gasteiger partial charge in [-0.25, -0.2) is 0 Å². The number of carbonyl (C=O) groups is 1. The van der Waals surface area contributed by atoms with Crippen LogP contribution in [0.2, 0.25) is 0 Å². The molecule has 1 N–H and O–H groups in total. The third-order valence-electron chi connectivity index (χ3n) is 3.36. The van der Waals surface area contributed by atoms with Gasteiger partial charge < -0.3 is 10.1 Å². The van der Waals surface area contributed by atoms with Gasteiger partial charge in [-0.3, -0.25) is 4.79 Å². The van der Waals surface area contributed by atoms with E-state index in [-0.39, 0.29) is 5.91 Å². The molecular formula is C15H21NO2. The van der Waals surface area contributed by atoms with Crippen molar-refractivity contribution in [2.45, 2.75) is 45.6 Å². The molecule has 1 aromatic rings. The molecule has 0 bridgehead atoms. The van der Waals surface area contributed by atoms with Crippen LogP contribution >= 0.6 is 0 Å². The predicted molar refractivity (Wildman–Crippen MR) is 72.3 cm³/mol. The first-order chi connectivity index (χ1) is 8.52. The predicted octanol–water partition coefficient (Wildman–Crippen LogP) is 3.02. The quantitative estimate of drug-likeness (QED) is 0.888. The lowest BCUT2D eigenvalue weighted by Crippen LogP contribution is -2.26. The minimum Gasteiger partial charge on any atom is -0.496 e. The number of benzene rings is 1. The maximum atomic E-state index is 12.1. The van der Waals surface area contributed by atoms with Crippen LogP contribution in [0.25, 0.3) is 0 Å². The first-order valence-electron chi connectivity index (χ1n) is 6.52. The minimum atomic E-state index is 0.0413. The molecule has 1 fully saturated rings. The van der Waals surface area contributed by atoms with Gasteiger partial charge >= 0.3 is 0 Å². The number of hydrogen-bond donors (Lipinski definition) is 1. The van der Waals surface area contributed by atoms with Crippen LogP contribution in [0.1, 0.15) is 54.1 Å². The number of rotatable bonds is 4. The summed E-state index contributed by atoms with van der Waals surface area (Å²) < 4.78 is 5.38. The Bertz CT molecular complexity index is 462. The average molecular weight is 247 g/mol. The SMILES string of the molecule is COc1cc(C)c(C(=O)NC2CC2)cc1C(C)C. The van der Waals surface area contributed by atoms with E-state index in [0.717, 1.165) is 35.3 Å². The van der Waals surface area contributed by atoms with Crippen molar-refractivity contribution >= 4 is 5.91 Å². The molecule has 0 spiro atoms. The molecule has 1 saturated carbocycles. The molecule has 0 radical (unpaired) electrons. The van der Waals surface area contributed by atoms with Crippen LogP contribution in [-0.4, -0.2) is 19.1 Å². The number of methoxy groups -OCH3 is 1. The molecule has 0 unspecified atom stereocenters. The third-order valence-corrected chi connectivity index (χ3v) is 3.36. The second kappa shape index (κ2) is 5.01. The molecule has 1 aliphatic rings. The Hall–Kier alpha value is -1.51. The van der Waals surface area contributed by atoms with Crippen molar-refractivity contribution in [1.82, 2.24) is 5.32 Å². The maximum absolute atomic E-state index is 12.1. The first-order valence-corrected chi connectivity index (χ1v) is 6.52. The summed E-state index contributed by atoms with van der Waals surface area (Å²) in [4.78, 5) is 12.1. The summed E-state index contributed by atoms with van der Waals surface area (Å²) in [6.07, 6.45) is 2.22. The number of hydrogen-bond acceptors (Lipinski definition) is 2. The van der Waals surface area contributed by atoms with Gasteiger partial charge in [-0.05, 0) is 48.9 Å². The summed E-state index contributed by atoms with van der Waals surface area (Å²) in [5.41, 5.74) is 2.82. The number of carbonyl (C=O) groups excluding carboxylic acids is 1. The molecule has 3 nitrogen and oxygen atoms in total. The van der Waals surface area contributed by atoms with Crippen molar-refractivity contribution in [3.63, 3.8) is 0 Å². The lowest BCUT2D eigenvalue weighted by molar-refractivity contribution is 0.0950. The molecule has 98 valence electrons. The van der Waals surface area contributed by atoms with Crippen LogP contribution in [0.4, 0.5) is 0 Å². The Balaban J connectivity index is 2.33. The Labute approximate surface area is 109 Å². The molecule has 0 atom stereocenters. The average Bonchev–Trinajstić information content (AvgIpc) is 3.11. The van der Waals surface area contributed by atoms with E-state index in [1.807, 2.05) is 19.1 Å². The zero-order valence-electron chi connectivity index (χ0n) is 11.5. The van der Waals surface area contributed by atoms with Gasteiger partial charge in [0.25, 0.3) is 5.91 Å². The van der Waals surface area contributed by atoms with E-state index in [9.17, 15) is 4.79 Å². The molecule has 0 heterocycles. The fraction of sp³-hybridized carbons (Fsp3) is 0.533. The Morgan fingerprint density at radius 1 is 1.39 bits per heavy atom. The van der Waals surface area contributed by atoms with Crippen molar-refractivity contribution in [3.05, 3.63) is 28.8 Å². The second-order valence-electron chi connectivity index (χ2n) is 5.31. The molecule has 2 rings (SSSR count). The fourth-order valence-electron chi connectivity index (χ4n) is 2.06. The van der Waals surface area contributed by atoms with Crippen LogP contribution in [0.5, 0.6) is 5.75 Å². The van der Waals surface area contributed by atoms with E-state index >= 15 is 0 Å². The van der Waals surface area contributed by atoms with Gasteiger partial charge in [0.2, 0.25) is 0 Å². The van der Waals surface area contributed by atoms with Crippen molar-refractivity contribution in [1.29, 1.82) is 0 Å². The summed E-state index contributed by atoms with van der Waals surface area (Å²) in [7, 11) is 1.67. The van der Waals surface area contributed by atoms with E-state index in [2.05, 4.69) is 19.2 Å². The van der Waals surface area contributed by atoms with Crippen molar-refractivity contribution in [2.24, 2.45) is 0 Å². The molecular weight excluding hydrogens is 226 g/mol. The number of nitrogens with one attached hydrogen (secondary N) is 1. The molecule has 1 aliphatic carbocycles. The standard InChI is InChI=1S/C15H21NO2/c1-9(2)12-8-13(10(3)7-14(12)18-4)15(17)16-11-5-6-11/h7-9,11H,5-6H2,1-4H3,(H,16,17). The maximum Gasteiger partial charge on any atom is 0.251 e. The molecule has 3 heteroatoms.